The molecule has 1 spiro atoms. The van der Waals surface area contributed by atoms with Crippen LogP contribution in [0.1, 0.15) is 38.5 Å². The summed E-state index contributed by atoms with van der Waals surface area (Å²) in [7, 11) is 0. The van der Waals surface area contributed by atoms with Gasteiger partial charge in [-0.2, -0.15) is 5.01 Å². The van der Waals surface area contributed by atoms with Crippen LogP contribution >= 0.6 is 11.8 Å². The lowest BCUT2D eigenvalue weighted by Crippen LogP contribution is -2.51. The van der Waals surface area contributed by atoms with E-state index in [2.05, 4.69) is 10.7 Å². The number of fused-ring (bicyclic) bond motifs is 1. The van der Waals surface area contributed by atoms with E-state index in [1.54, 1.807) is 0 Å². The van der Waals surface area contributed by atoms with E-state index in [-0.39, 0.29) is 11.7 Å². The Hall–Kier alpha value is -2.42. The fourth-order valence-electron chi connectivity index (χ4n) is 3.76. The summed E-state index contributed by atoms with van der Waals surface area (Å²) in [4.78, 5) is 38.1. The molecule has 1 aromatic carbocycles. The van der Waals surface area contributed by atoms with E-state index < -0.39 is 17.5 Å². The second kappa shape index (κ2) is 7.90. The Balaban J connectivity index is 1.34. The number of ether oxygens (including phenoxy) is 2. The number of carbonyl (C=O) groups is 3. The van der Waals surface area contributed by atoms with Gasteiger partial charge in [-0.05, 0) is 31.0 Å². The molecule has 2 heterocycles. The molecule has 1 saturated heterocycles. The highest BCUT2D eigenvalue weighted by Gasteiger charge is 2.52. The van der Waals surface area contributed by atoms with Crippen molar-refractivity contribution in [3.05, 3.63) is 18.2 Å². The van der Waals surface area contributed by atoms with Crippen LogP contribution in [0.5, 0.6) is 11.5 Å². The van der Waals surface area contributed by atoms with Crippen molar-refractivity contribution in [2.75, 3.05) is 19.0 Å². The van der Waals surface area contributed by atoms with Crippen molar-refractivity contribution in [3.63, 3.8) is 0 Å². The van der Waals surface area contributed by atoms with Gasteiger partial charge in [0.1, 0.15) is 5.54 Å². The van der Waals surface area contributed by atoms with Crippen LogP contribution in [0.15, 0.2) is 23.1 Å². The van der Waals surface area contributed by atoms with Crippen molar-refractivity contribution < 1.29 is 23.9 Å². The third-order valence-corrected chi connectivity index (χ3v) is 6.19. The van der Waals surface area contributed by atoms with Crippen LogP contribution in [0, 0.1) is 0 Å². The number of carbonyl (C=O) groups excluding carboxylic acids is 3. The molecule has 0 atom stereocenters. The lowest BCUT2D eigenvalue weighted by Gasteiger charge is -2.30. The van der Waals surface area contributed by atoms with E-state index in [0.29, 0.717) is 37.6 Å². The number of urea groups is 1. The normalized spacial score (nSPS) is 20.6. The smallest absolute Gasteiger partial charge is 0.344 e. The minimum Gasteiger partial charge on any atom is -0.490 e. The number of hydrazine groups is 1. The highest BCUT2D eigenvalue weighted by molar-refractivity contribution is 8.00. The van der Waals surface area contributed by atoms with Crippen molar-refractivity contribution in [2.24, 2.45) is 0 Å². The van der Waals surface area contributed by atoms with Crippen molar-refractivity contribution in [1.29, 1.82) is 0 Å². The Kier molecular flexibility index (Phi) is 5.34. The molecule has 0 unspecified atom stereocenters. The van der Waals surface area contributed by atoms with Gasteiger partial charge in [0.25, 0.3) is 5.91 Å². The molecule has 28 heavy (non-hydrogen) atoms. The molecule has 8 nitrogen and oxygen atoms in total. The Morgan fingerprint density at radius 1 is 1.11 bits per heavy atom. The maximum atomic E-state index is 12.7. The van der Waals surface area contributed by atoms with Crippen LogP contribution in [0.2, 0.25) is 0 Å². The number of nitrogens with zero attached hydrogens (tertiary/aromatic N) is 1. The standard InChI is InChI=1S/C19H23N3O5S/c23-16(12-28-13-5-6-14-15(11-13)27-10-4-9-26-14)21-22-17(24)19(20-18(22)25)7-2-1-3-8-19/h5-6,11H,1-4,7-10,12H2,(H,20,25)(H,21,23). The summed E-state index contributed by atoms with van der Waals surface area (Å²) in [6.07, 6.45) is 4.92. The first-order chi connectivity index (χ1) is 13.6. The van der Waals surface area contributed by atoms with Crippen molar-refractivity contribution in [2.45, 2.75) is 49.0 Å². The van der Waals surface area contributed by atoms with Gasteiger partial charge in [-0.1, -0.05) is 19.3 Å². The highest BCUT2D eigenvalue weighted by Crippen LogP contribution is 2.34. The zero-order valence-electron chi connectivity index (χ0n) is 15.5. The predicted octanol–water partition coefficient (Wildman–Crippen LogP) is 2.23. The second-order valence-electron chi connectivity index (χ2n) is 7.20. The van der Waals surface area contributed by atoms with Crippen LogP contribution in [0.3, 0.4) is 0 Å². The average molecular weight is 405 g/mol. The molecule has 0 aromatic heterocycles. The van der Waals surface area contributed by atoms with Gasteiger partial charge in [-0.15, -0.1) is 11.8 Å². The van der Waals surface area contributed by atoms with Crippen molar-refractivity contribution in [3.8, 4) is 11.5 Å². The number of benzene rings is 1. The van der Waals surface area contributed by atoms with E-state index in [9.17, 15) is 14.4 Å². The number of amides is 4. The van der Waals surface area contributed by atoms with Crippen molar-refractivity contribution in [1.82, 2.24) is 15.8 Å². The van der Waals surface area contributed by atoms with Crippen LogP contribution in [0.25, 0.3) is 0 Å². The molecule has 2 aliphatic heterocycles. The van der Waals surface area contributed by atoms with Gasteiger partial charge < -0.3 is 14.8 Å². The monoisotopic (exact) mass is 405 g/mol. The van der Waals surface area contributed by atoms with Gasteiger partial charge in [-0.3, -0.25) is 15.0 Å². The average Bonchev–Trinajstić information content (AvgIpc) is 2.87. The fraction of sp³-hybridized carbons (Fsp3) is 0.526. The minimum atomic E-state index is -0.843. The Morgan fingerprint density at radius 2 is 1.86 bits per heavy atom. The Labute approximate surface area is 167 Å². The molecular weight excluding hydrogens is 382 g/mol. The molecule has 2 fully saturated rings. The first kappa shape index (κ1) is 18.9. The fourth-order valence-corrected chi connectivity index (χ4v) is 4.47. The van der Waals surface area contributed by atoms with Gasteiger partial charge in [-0.25, -0.2) is 4.79 Å². The van der Waals surface area contributed by atoms with Gasteiger partial charge in [0, 0.05) is 11.3 Å². The van der Waals surface area contributed by atoms with E-state index >= 15 is 0 Å². The number of nitrogens with one attached hydrogen (secondary N) is 2. The van der Waals surface area contributed by atoms with Gasteiger partial charge in [0.15, 0.2) is 11.5 Å². The SMILES string of the molecule is O=C(CSc1ccc2c(c1)OCCCO2)NN1C(=O)NC2(CCCCC2)C1=O. The molecule has 9 heteroatoms. The number of imide groups is 1. The van der Waals surface area contributed by atoms with E-state index in [0.717, 1.165) is 35.6 Å². The number of thioether (sulfide) groups is 1. The maximum Gasteiger partial charge on any atom is 0.344 e. The van der Waals surface area contributed by atoms with Gasteiger partial charge >= 0.3 is 6.03 Å². The lowest BCUT2D eigenvalue weighted by atomic mass is 9.82. The van der Waals surface area contributed by atoms with Crippen LogP contribution in [0.4, 0.5) is 4.79 Å². The molecular formula is C19H23N3O5S. The van der Waals surface area contributed by atoms with Gasteiger partial charge in [0.05, 0.1) is 19.0 Å². The van der Waals surface area contributed by atoms with Crippen molar-refractivity contribution >= 4 is 29.6 Å². The predicted molar refractivity (Wildman–Crippen MR) is 102 cm³/mol. The largest absolute Gasteiger partial charge is 0.490 e. The molecule has 4 rings (SSSR count). The van der Waals surface area contributed by atoms with E-state index in [1.165, 1.54) is 11.8 Å². The van der Waals surface area contributed by atoms with Crippen LogP contribution < -0.4 is 20.2 Å². The first-order valence-electron chi connectivity index (χ1n) is 9.56. The summed E-state index contributed by atoms with van der Waals surface area (Å²) >= 11 is 1.30. The second-order valence-corrected chi connectivity index (χ2v) is 8.24. The molecule has 1 aromatic rings. The topological polar surface area (TPSA) is 97.0 Å². The summed E-state index contributed by atoms with van der Waals surface area (Å²) < 4.78 is 11.2. The molecule has 3 aliphatic rings. The number of rotatable bonds is 4. The van der Waals surface area contributed by atoms with Crippen LogP contribution in [-0.4, -0.2) is 47.4 Å². The summed E-state index contributed by atoms with van der Waals surface area (Å²) in [6.45, 7) is 1.21. The molecule has 0 radical (unpaired) electrons. The molecule has 150 valence electrons. The Morgan fingerprint density at radius 3 is 2.64 bits per heavy atom. The van der Waals surface area contributed by atoms with E-state index in [1.807, 2.05) is 18.2 Å². The van der Waals surface area contributed by atoms with Gasteiger partial charge in [0.2, 0.25) is 5.91 Å². The molecule has 0 bridgehead atoms. The molecule has 1 aliphatic carbocycles. The van der Waals surface area contributed by atoms with E-state index in [4.69, 9.17) is 9.47 Å². The third-order valence-electron chi connectivity index (χ3n) is 5.19. The lowest BCUT2D eigenvalue weighted by molar-refractivity contribution is -0.139. The zero-order valence-corrected chi connectivity index (χ0v) is 16.3. The quantitative estimate of drug-likeness (QED) is 0.589. The summed E-state index contributed by atoms with van der Waals surface area (Å²) in [5.41, 5.74) is 1.61. The minimum absolute atomic E-state index is 0.0731. The molecule has 4 amide bonds. The summed E-state index contributed by atoms with van der Waals surface area (Å²) in [5.74, 6) is 0.670. The molecule has 2 N–H and O–H groups in total. The number of hydrogen-bond donors (Lipinski definition) is 2. The summed E-state index contributed by atoms with van der Waals surface area (Å²) in [6, 6.07) is 4.96. The Bertz CT molecular complexity index is 794. The van der Waals surface area contributed by atoms with Crippen LogP contribution in [-0.2, 0) is 9.59 Å². The maximum absolute atomic E-state index is 12.7. The number of hydrogen-bond acceptors (Lipinski definition) is 6. The molecule has 1 saturated carbocycles. The third kappa shape index (κ3) is 3.76. The highest BCUT2D eigenvalue weighted by atomic mass is 32.2. The first-order valence-corrected chi connectivity index (χ1v) is 10.5. The zero-order chi connectivity index (χ0) is 19.6. The summed E-state index contributed by atoms with van der Waals surface area (Å²) in [5, 5.41) is 3.61.